The lowest BCUT2D eigenvalue weighted by atomic mass is 9.67. The number of ether oxygens (including phenoxy) is 1. The predicted molar refractivity (Wildman–Crippen MR) is 74.6 cm³/mol. The maximum Gasteiger partial charge on any atom is 0.0604 e. The van der Waals surface area contributed by atoms with E-state index in [1.807, 2.05) is 0 Å². The number of rotatable bonds is 4. The molecule has 0 amide bonds. The highest BCUT2D eigenvalue weighted by molar-refractivity contribution is 5.13. The number of hydrogen-bond acceptors (Lipinski definition) is 2. The summed E-state index contributed by atoms with van der Waals surface area (Å²) in [5.41, 5.74) is 1.05. The molecule has 0 radical (unpaired) electrons. The molecule has 0 aromatic carbocycles. The van der Waals surface area contributed by atoms with Crippen molar-refractivity contribution < 1.29 is 4.74 Å². The molecule has 2 nitrogen and oxygen atoms in total. The molecule has 0 heterocycles. The zero-order valence-corrected chi connectivity index (χ0v) is 12.5. The van der Waals surface area contributed by atoms with Gasteiger partial charge in [-0.1, -0.05) is 20.8 Å². The van der Waals surface area contributed by atoms with E-state index in [1.54, 1.807) is 0 Å². The van der Waals surface area contributed by atoms with Crippen LogP contribution in [-0.2, 0) is 4.74 Å². The van der Waals surface area contributed by atoms with Crippen LogP contribution in [0.1, 0.15) is 59.8 Å². The summed E-state index contributed by atoms with van der Waals surface area (Å²) >= 11 is 0. The van der Waals surface area contributed by atoms with E-state index in [0.717, 1.165) is 18.6 Å². The Morgan fingerprint density at radius 2 is 1.94 bits per heavy atom. The van der Waals surface area contributed by atoms with Crippen LogP contribution in [0.3, 0.4) is 0 Å². The molecule has 3 atom stereocenters. The Kier molecular flexibility index (Phi) is 3.02. The van der Waals surface area contributed by atoms with Crippen molar-refractivity contribution in [2.75, 3.05) is 6.61 Å². The first kappa shape index (κ1) is 12.9. The summed E-state index contributed by atoms with van der Waals surface area (Å²) in [4.78, 5) is 0. The molecule has 0 saturated heterocycles. The zero-order chi connectivity index (χ0) is 13.0. The molecular formula is C16H29NO. The van der Waals surface area contributed by atoms with Gasteiger partial charge in [0.25, 0.3) is 0 Å². The minimum absolute atomic E-state index is 0.490. The SMILES string of the molecule is CCOC1CC(NC2C3(C)CCC(C3)C2(C)C)C1. The monoisotopic (exact) mass is 251 g/mol. The van der Waals surface area contributed by atoms with E-state index in [0.29, 0.717) is 23.0 Å². The maximum atomic E-state index is 5.67. The average Bonchev–Trinajstić information content (AvgIpc) is 2.71. The molecule has 3 aliphatic rings. The van der Waals surface area contributed by atoms with Crippen molar-refractivity contribution in [1.29, 1.82) is 0 Å². The van der Waals surface area contributed by atoms with E-state index in [-0.39, 0.29) is 0 Å². The van der Waals surface area contributed by atoms with Crippen molar-refractivity contribution in [3.63, 3.8) is 0 Å². The molecule has 3 rings (SSSR count). The lowest BCUT2D eigenvalue weighted by Gasteiger charge is -2.48. The predicted octanol–water partition coefficient (Wildman–Crippen LogP) is 3.36. The van der Waals surface area contributed by atoms with E-state index < -0.39 is 0 Å². The van der Waals surface area contributed by atoms with Crippen LogP contribution in [0.2, 0.25) is 0 Å². The molecule has 0 aromatic heterocycles. The van der Waals surface area contributed by atoms with Crippen molar-refractivity contribution in [3.8, 4) is 0 Å². The summed E-state index contributed by atoms with van der Waals surface area (Å²) in [6, 6.07) is 1.43. The van der Waals surface area contributed by atoms with Crippen LogP contribution < -0.4 is 5.32 Å². The van der Waals surface area contributed by atoms with Gasteiger partial charge in [0.15, 0.2) is 0 Å². The molecule has 2 bridgehead atoms. The van der Waals surface area contributed by atoms with E-state index in [4.69, 9.17) is 4.74 Å². The van der Waals surface area contributed by atoms with E-state index in [2.05, 4.69) is 33.0 Å². The second kappa shape index (κ2) is 4.21. The lowest BCUT2D eigenvalue weighted by molar-refractivity contribution is -0.0244. The van der Waals surface area contributed by atoms with Gasteiger partial charge in [-0.2, -0.15) is 0 Å². The summed E-state index contributed by atoms with van der Waals surface area (Å²) in [5, 5.41) is 3.99. The van der Waals surface area contributed by atoms with Gasteiger partial charge in [0, 0.05) is 18.7 Å². The maximum absolute atomic E-state index is 5.67. The second-order valence-corrected chi connectivity index (χ2v) is 7.76. The van der Waals surface area contributed by atoms with Crippen LogP contribution in [0, 0.1) is 16.7 Å². The van der Waals surface area contributed by atoms with E-state index >= 15 is 0 Å². The van der Waals surface area contributed by atoms with Gasteiger partial charge in [-0.15, -0.1) is 0 Å². The Morgan fingerprint density at radius 3 is 2.50 bits per heavy atom. The number of hydrogen-bond donors (Lipinski definition) is 1. The van der Waals surface area contributed by atoms with Crippen molar-refractivity contribution in [3.05, 3.63) is 0 Å². The Hall–Kier alpha value is -0.0800. The largest absolute Gasteiger partial charge is 0.378 e. The summed E-state index contributed by atoms with van der Waals surface area (Å²) in [6.45, 7) is 10.4. The Labute approximate surface area is 112 Å². The molecule has 0 spiro atoms. The highest BCUT2D eigenvalue weighted by Crippen LogP contribution is 2.62. The van der Waals surface area contributed by atoms with Gasteiger partial charge in [-0.3, -0.25) is 0 Å². The highest BCUT2D eigenvalue weighted by Gasteiger charge is 2.59. The highest BCUT2D eigenvalue weighted by atomic mass is 16.5. The van der Waals surface area contributed by atoms with Crippen LogP contribution in [-0.4, -0.2) is 24.8 Å². The van der Waals surface area contributed by atoms with Gasteiger partial charge in [-0.25, -0.2) is 0 Å². The fraction of sp³-hybridized carbons (Fsp3) is 1.00. The van der Waals surface area contributed by atoms with E-state index in [9.17, 15) is 0 Å². The Bertz CT molecular complexity index is 316. The first-order valence-electron chi connectivity index (χ1n) is 7.83. The van der Waals surface area contributed by atoms with Crippen LogP contribution in [0.25, 0.3) is 0 Å². The fourth-order valence-electron chi connectivity index (χ4n) is 5.03. The van der Waals surface area contributed by atoms with Gasteiger partial charge in [0.1, 0.15) is 0 Å². The van der Waals surface area contributed by atoms with Gasteiger partial charge in [-0.05, 0) is 55.8 Å². The van der Waals surface area contributed by atoms with Crippen molar-refractivity contribution >= 4 is 0 Å². The molecule has 3 aliphatic carbocycles. The first-order chi connectivity index (χ1) is 8.45. The molecule has 3 unspecified atom stereocenters. The number of nitrogens with one attached hydrogen (secondary N) is 1. The van der Waals surface area contributed by atoms with Crippen LogP contribution >= 0.6 is 0 Å². The van der Waals surface area contributed by atoms with Crippen molar-refractivity contribution in [2.45, 2.75) is 78.0 Å². The van der Waals surface area contributed by atoms with Gasteiger partial charge >= 0.3 is 0 Å². The summed E-state index contributed by atoms with van der Waals surface area (Å²) in [7, 11) is 0. The normalized spacial score (nSPS) is 49.3. The third kappa shape index (κ3) is 1.84. The van der Waals surface area contributed by atoms with Crippen molar-refractivity contribution in [1.82, 2.24) is 5.32 Å². The summed E-state index contributed by atoms with van der Waals surface area (Å²) in [6.07, 6.45) is 7.30. The molecule has 104 valence electrons. The molecule has 0 aromatic rings. The average molecular weight is 251 g/mol. The van der Waals surface area contributed by atoms with Gasteiger partial charge in [0.2, 0.25) is 0 Å². The second-order valence-electron chi connectivity index (χ2n) is 7.76. The Balaban J connectivity index is 1.60. The summed E-state index contributed by atoms with van der Waals surface area (Å²) < 4.78 is 5.67. The summed E-state index contributed by atoms with van der Waals surface area (Å²) in [5.74, 6) is 0.947. The molecule has 3 saturated carbocycles. The molecular weight excluding hydrogens is 222 g/mol. The smallest absolute Gasteiger partial charge is 0.0604 e. The lowest BCUT2D eigenvalue weighted by Crippen LogP contribution is -2.58. The van der Waals surface area contributed by atoms with E-state index in [1.165, 1.54) is 32.1 Å². The van der Waals surface area contributed by atoms with Crippen LogP contribution in [0.4, 0.5) is 0 Å². The number of fused-ring (bicyclic) bond motifs is 2. The molecule has 1 N–H and O–H groups in total. The molecule has 2 heteroatoms. The molecule has 3 fully saturated rings. The third-order valence-corrected chi connectivity index (χ3v) is 6.17. The van der Waals surface area contributed by atoms with Gasteiger partial charge in [0.05, 0.1) is 6.10 Å². The van der Waals surface area contributed by atoms with Gasteiger partial charge < -0.3 is 10.1 Å². The first-order valence-corrected chi connectivity index (χ1v) is 7.83. The standard InChI is InChI=1S/C16H29NO/c1-5-18-13-8-12(9-13)17-14-15(2,3)11-6-7-16(14,4)10-11/h11-14,17H,5-10H2,1-4H3. The van der Waals surface area contributed by atoms with Crippen molar-refractivity contribution in [2.24, 2.45) is 16.7 Å². The molecule has 18 heavy (non-hydrogen) atoms. The zero-order valence-electron chi connectivity index (χ0n) is 12.5. The minimum atomic E-state index is 0.490. The fourth-order valence-corrected chi connectivity index (χ4v) is 5.03. The topological polar surface area (TPSA) is 21.3 Å². The van der Waals surface area contributed by atoms with Crippen LogP contribution in [0.5, 0.6) is 0 Å². The molecule has 0 aliphatic heterocycles. The minimum Gasteiger partial charge on any atom is -0.378 e. The Morgan fingerprint density at radius 1 is 1.22 bits per heavy atom. The van der Waals surface area contributed by atoms with Crippen LogP contribution in [0.15, 0.2) is 0 Å². The third-order valence-electron chi connectivity index (χ3n) is 6.17. The quantitative estimate of drug-likeness (QED) is 0.827.